The molecule has 1 aromatic carbocycles. The van der Waals surface area contributed by atoms with Gasteiger partial charge in [-0.1, -0.05) is 6.58 Å². The van der Waals surface area contributed by atoms with Crippen molar-refractivity contribution in [3.8, 4) is 0 Å². The molecule has 0 unspecified atom stereocenters. The number of aliphatic hydroxyl groups excluding tert-OH is 1. The van der Waals surface area contributed by atoms with E-state index in [9.17, 15) is 9.90 Å². The maximum atomic E-state index is 11.6. The third-order valence-corrected chi connectivity index (χ3v) is 7.77. The van der Waals surface area contributed by atoms with E-state index in [1.165, 1.54) is 11.8 Å². The summed E-state index contributed by atoms with van der Waals surface area (Å²) in [6.07, 6.45) is 6.59. The number of rotatable bonds is 7. The first kappa shape index (κ1) is 23.6. The summed E-state index contributed by atoms with van der Waals surface area (Å²) in [6.45, 7) is 5.29. The molecule has 0 spiro atoms. The molecule has 35 heavy (non-hydrogen) atoms. The lowest BCUT2D eigenvalue weighted by Crippen LogP contribution is -2.39. The number of aromatic nitrogens is 2. The molecule has 1 aliphatic carbocycles. The minimum Gasteiger partial charge on any atom is -0.393 e. The van der Waals surface area contributed by atoms with E-state index in [1.807, 2.05) is 23.6 Å². The second kappa shape index (κ2) is 10.6. The highest BCUT2D eigenvalue weighted by molar-refractivity contribution is 7.17. The second-order valence-corrected chi connectivity index (χ2v) is 10.2. The summed E-state index contributed by atoms with van der Waals surface area (Å²) >= 11 is 1.64. The Morgan fingerprint density at radius 2 is 1.74 bits per heavy atom. The molecular formula is C26H32N6O2S. The van der Waals surface area contributed by atoms with Gasteiger partial charge in [-0.05, 0) is 80.3 Å². The van der Waals surface area contributed by atoms with Gasteiger partial charge in [0.2, 0.25) is 11.9 Å². The van der Waals surface area contributed by atoms with Gasteiger partial charge in [0.05, 0.1) is 16.3 Å². The number of nitrogens with zero attached hydrogens (tertiary/aromatic N) is 3. The highest BCUT2D eigenvalue weighted by atomic mass is 32.1. The van der Waals surface area contributed by atoms with E-state index in [1.54, 1.807) is 11.3 Å². The highest BCUT2D eigenvalue weighted by Gasteiger charge is 2.23. The predicted octanol–water partition coefficient (Wildman–Crippen LogP) is 4.42. The molecule has 3 heterocycles. The summed E-state index contributed by atoms with van der Waals surface area (Å²) in [7, 11) is 0. The molecule has 3 aromatic rings. The van der Waals surface area contributed by atoms with Crippen molar-refractivity contribution in [1.82, 2.24) is 15.3 Å². The van der Waals surface area contributed by atoms with Crippen LogP contribution < -0.4 is 20.9 Å². The average Bonchev–Trinajstić information content (AvgIpc) is 3.35. The maximum Gasteiger partial charge on any atom is 0.243 e. The minimum atomic E-state index is -0.174. The molecule has 0 atom stereocenters. The summed E-state index contributed by atoms with van der Waals surface area (Å²) in [5, 5.41) is 21.8. The number of thiophene rings is 1. The molecule has 1 amide bonds. The maximum absolute atomic E-state index is 11.6. The van der Waals surface area contributed by atoms with E-state index in [4.69, 9.17) is 9.97 Å². The molecule has 1 aliphatic heterocycles. The smallest absolute Gasteiger partial charge is 0.243 e. The van der Waals surface area contributed by atoms with Crippen molar-refractivity contribution in [1.29, 1.82) is 0 Å². The Morgan fingerprint density at radius 3 is 2.46 bits per heavy atom. The van der Waals surface area contributed by atoms with Gasteiger partial charge in [-0.3, -0.25) is 4.79 Å². The quantitative estimate of drug-likeness (QED) is 0.362. The Hall–Kier alpha value is -3.17. The number of hydrogen-bond donors (Lipinski definition) is 4. The summed E-state index contributed by atoms with van der Waals surface area (Å²) in [5.74, 6) is 1.32. The molecule has 4 N–H and O–H groups in total. The first-order chi connectivity index (χ1) is 17.1. The average molecular weight is 493 g/mol. The zero-order valence-corrected chi connectivity index (χ0v) is 20.6. The SMILES string of the molecule is C=CC(=O)NC1CCC(Nc2nc(Nc3ccc(N4CCC(O)CC4)cc3)nc3ccsc23)CC1. The van der Waals surface area contributed by atoms with Crippen LogP contribution >= 0.6 is 11.3 Å². The lowest BCUT2D eigenvalue weighted by molar-refractivity contribution is -0.117. The van der Waals surface area contributed by atoms with Gasteiger partial charge in [0.15, 0.2) is 0 Å². The number of carbonyl (C=O) groups is 1. The van der Waals surface area contributed by atoms with Crippen LogP contribution in [0, 0.1) is 0 Å². The Bertz CT molecular complexity index is 1160. The number of anilines is 4. The second-order valence-electron chi connectivity index (χ2n) is 9.33. The Kier molecular flexibility index (Phi) is 7.15. The highest BCUT2D eigenvalue weighted by Crippen LogP contribution is 2.31. The van der Waals surface area contributed by atoms with Crippen LogP contribution in [0.3, 0.4) is 0 Å². The number of fused-ring (bicyclic) bond motifs is 1. The van der Waals surface area contributed by atoms with E-state index in [0.717, 1.165) is 73.3 Å². The van der Waals surface area contributed by atoms with Crippen molar-refractivity contribution in [3.63, 3.8) is 0 Å². The molecule has 0 radical (unpaired) electrons. The van der Waals surface area contributed by atoms with E-state index in [2.05, 4.69) is 39.6 Å². The fraction of sp³-hybridized carbons (Fsp3) is 0.423. The van der Waals surface area contributed by atoms with Crippen LogP contribution in [0.1, 0.15) is 38.5 Å². The molecule has 1 saturated carbocycles. The standard InChI is InChI=1S/C26H32N6O2S/c1-2-23(34)27-17-3-5-18(6-4-17)28-25-24-22(13-16-35-24)30-26(31-25)29-19-7-9-20(10-8-19)32-14-11-21(33)12-15-32/h2,7-10,13,16-18,21,33H,1,3-6,11-12,14-15H2,(H,27,34)(H2,28,29,30,31). The van der Waals surface area contributed by atoms with E-state index in [-0.39, 0.29) is 18.1 Å². The van der Waals surface area contributed by atoms with Crippen LogP contribution in [0.5, 0.6) is 0 Å². The largest absolute Gasteiger partial charge is 0.393 e. The van der Waals surface area contributed by atoms with Crippen molar-refractivity contribution in [2.24, 2.45) is 0 Å². The molecule has 2 aromatic heterocycles. The Morgan fingerprint density at radius 1 is 1.03 bits per heavy atom. The van der Waals surface area contributed by atoms with Crippen LogP contribution in [0.4, 0.5) is 23.1 Å². The summed E-state index contributed by atoms with van der Waals surface area (Å²) in [4.78, 5) is 23.4. The molecule has 2 fully saturated rings. The van der Waals surface area contributed by atoms with E-state index < -0.39 is 0 Å². The number of benzene rings is 1. The molecule has 2 aliphatic rings. The third kappa shape index (κ3) is 5.74. The van der Waals surface area contributed by atoms with Crippen molar-refractivity contribution < 1.29 is 9.90 Å². The van der Waals surface area contributed by atoms with Gasteiger partial charge in [-0.2, -0.15) is 4.98 Å². The lowest BCUT2D eigenvalue weighted by Gasteiger charge is -2.31. The zero-order valence-electron chi connectivity index (χ0n) is 19.7. The van der Waals surface area contributed by atoms with Gasteiger partial charge in [0, 0.05) is 36.5 Å². The number of aliphatic hydroxyl groups is 1. The van der Waals surface area contributed by atoms with Crippen LogP contribution in [-0.2, 0) is 4.79 Å². The van der Waals surface area contributed by atoms with Gasteiger partial charge >= 0.3 is 0 Å². The molecule has 184 valence electrons. The molecule has 8 nitrogen and oxygen atoms in total. The zero-order chi connectivity index (χ0) is 24.2. The molecule has 0 bridgehead atoms. The minimum absolute atomic E-state index is 0.101. The van der Waals surface area contributed by atoms with Crippen molar-refractivity contribution in [2.75, 3.05) is 28.6 Å². The molecule has 9 heteroatoms. The summed E-state index contributed by atoms with van der Waals surface area (Å²) in [5.41, 5.74) is 3.02. The number of carbonyl (C=O) groups excluding carboxylic acids is 1. The van der Waals surface area contributed by atoms with Gasteiger partial charge in [0.25, 0.3) is 0 Å². The number of nitrogens with one attached hydrogen (secondary N) is 3. The first-order valence-electron chi connectivity index (χ1n) is 12.3. The fourth-order valence-corrected chi connectivity index (χ4v) is 5.65. The predicted molar refractivity (Wildman–Crippen MR) is 143 cm³/mol. The van der Waals surface area contributed by atoms with Crippen LogP contribution in [-0.4, -0.2) is 52.3 Å². The fourth-order valence-electron chi connectivity index (χ4n) is 4.86. The van der Waals surface area contributed by atoms with Crippen molar-refractivity contribution >= 4 is 50.6 Å². The summed E-state index contributed by atoms with van der Waals surface area (Å²) < 4.78 is 1.06. The van der Waals surface area contributed by atoms with Crippen LogP contribution in [0.15, 0.2) is 48.4 Å². The number of hydrogen-bond acceptors (Lipinski definition) is 8. The van der Waals surface area contributed by atoms with Crippen molar-refractivity contribution in [3.05, 3.63) is 48.4 Å². The number of amides is 1. The lowest BCUT2D eigenvalue weighted by atomic mass is 9.91. The van der Waals surface area contributed by atoms with Crippen LogP contribution in [0.25, 0.3) is 10.2 Å². The van der Waals surface area contributed by atoms with Gasteiger partial charge in [0.1, 0.15) is 5.82 Å². The monoisotopic (exact) mass is 492 g/mol. The van der Waals surface area contributed by atoms with Gasteiger partial charge in [-0.15, -0.1) is 11.3 Å². The summed E-state index contributed by atoms with van der Waals surface area (Å²) in [6, 6.07) is 10.8. The third-order valence-electron chi connectivity index (χ3n) is 6.86. The first-order valence-corrected chi connectivity index (χ1v) is 13.2. The molecule has 1 saturated heterocycles. The normalized spacial score (nSPS) is 21.0. The number of piperidine rings is 1. The topological polar surface area (TPSA) is 102 Å². The van der Waals surface area contributed by atoms with E-state index >= 15 is 0 Å². The van der Waals surface area contributed by atoms with Gasteiger partial charge in [-0.25, -0.2) is 4.98 Å². The Balaban J connectivity index is 1.25. The van der Waals surface area contributed by atoms with Gasteiger partial charge < -0.3 is 26.0 Å². The van der Waals surface area contributed by atoms with E-state index in [0.29, 0.717) is 12.0 Å². The molecule has 5 rings (SSSR count). The molecular weight excluding hydrogens is 460 g/mol. The van der Waals surface area contributed by atoms with Crippen LogP contribution in [0.2, 0.25) is 0 Å². The Labute approximate surface area is 209 Å². The van der Waals surface area contributed by atoms with Crippen molar-refractivity contribution in [2.45, 2.75) is 56.7 Å².